The summed E-state index contributed by atoms with van der Waals surface area (Å²) in [5, 5.41) is 9.57. The van der Waals surface area contributed by atoms with Gasteiger partial charge >= 0.3 is 18.2 Å². The second kappa shape index (κ2) is 9.57. The maximum Gasteiger partial charge on any atom is 0.434 e. The fourth-order valence-electron chi connectivity index (χ4n) is 4.57. The fourth-order valence-corrected chi connectivity index (χ4v) is 4.57. The third-order valence-electron chi connectivity index (χ3n) is 6.48. The zero-order valence-corrected chi connectivity index (χ0v) is 18.8. The predicted octanol–water partition coefficient (Wildman–Crippen LogP) is 1.43. The molecule has 0 radical (unpaired) electrons. The van der Waals surface area contributed by atoms with E-state index >= 15 is 0 Å². The van der Waals surface area contributed by atoms with Crippen LogP contribution < -0.4 is 4.90 Å². The Hall–Kier alpha value is -3.83. The Balaban J connectivity index is 1.32. The van der Waals surface area contributed by atoms with E-state index < -0.39 is 30.2 Å². The summed E-state index contributed by atoms with van der Waals surface area (Å²) in [6, 6.07) is 7.60. The van der Waals surface area contributed by atoms with Crippen LogP contribution in [0, 0.1) is 5.92 Å². The van der Waals surface area contributed by atoms with Gasteiger partial charge in [0.2, 0.25) is 5.91 Å². The summed E-state index contributed by atoms with van der Waals surface area (Å²) in [6.45, 7) is 2.88. The lowest BCUT2D eigenvalue weighted by atomic mass is 9.95. The minimum atomic E-state index is -1.18. The molecular formula is C22H27N5O7. The Bertz CT molecular complexity index is 979. The van der Waals surface area contributed by atoms with Crippen molar-refractivity contribution in [2.45, 2.75) is 25.8 Å². The van der Waals surface area contributed by atoms with Crippen LogP contribution in [0.2, 0.25) is 0 Å². The van der Waals surface area contributed by atoms with Crippen LogP contribution in [0.1, 0.15) is 19.8 Å². The number of piperidine rings is 1. The molecule has 3 heterocycles. The molecule has 34 heavy (non-hydrogen) atoms. The number of anilines is 1. The quantitative estimate of drug-likeness (QED) is 0.655. The SMILES string of the molecule is CCN(C(=O)C1CCN(C(=O)ON2C(=O)C3CN(C(=O)O)CCN3C2=O)CC1)c1ccccc1. The average Bonchev–Trinajstić information content (AvgIpc) is 3.09. The molecule has 0 aliphatic carbocycles. The molecular weight excluding hydrogens is 446 g/mol. The van der Waals surface area contributed by atoms with Crippen molar-refractivity contribution in [2.75, 3.05) is 44.2 Å². The van der Waals surface area contributed by atoms with E-state index in [2.05, 4.69) is 0 Å². The fraction of sp³-hybridized carbons (Fsp3) is 0.500. The molecule has 4 rings (SSSR count). The summed E-state index contributed by atoms with van der Waals surface area (Å²) in [7, 11) is 0. The van der Waals surface area contributed by atoms with Gasteiger partial charge in [-0.1, -0.05) is 23.3 Å². The van der Waals surface area contributed by atoms with Crippen LogP contribution >= 0.6 is 0 Å². The highest BCUT2D eigenvalue weighted by atomic mass is 16.7. The van der Waals surface area contributed by atoms with Crippen LogP contribution in [0.25, 0.3) is 0 Å². The molecule has 6 amide bonds. The van der Waals surface area contributed by atoms with Gasteiger partial charge in [0.25, 0.3) is 5.91 Å². The first kappa shape index (κ1) is 23.3. The zero-order chi connectivity index (χ0) is 24.4. The van der Waals surface area contributed by atoms with Gasteiger partial charge < -0.3 is 29.5 Å². The lowest BCUT2D eigenvalue weighted by Gasteiger charge is -2.33. The first-order chi connectivity index (χ1) is 16.3. The molecule has 3 aliphatic heterocycles. The summed E-state index contributed by atoms with van der Waals surface area (Å²) in [5.74, 6) is -1.03. The van der Waals surface area contributed by atoms with E-state index in [9.17, 15) is 24.0 Å². The van der Waals surface area contributed by atoms with Gasteiger partial charge in [-0.25, -0.2) is 14.4 Å². The minimum absolute atomic E-state index is 0.00789. The summed E-state index contributed by atoms with van der Waals surface area (Å²) < 4.78 is 0. The Morgan fingerprint density at radius 2 is 1.71 bits per heavy atom. The van der Waals surface area contributed by atoms with Crippen molar-refractivity contribution in [3.8, 4) is 0 Å². The molecule has 12 heteroatoms. The lowest BCUT2D eigenvalue weighted by molar-refractivity contribution is -0.152. The van der Waals surface area contributed by atoms with Crippen molar-refractivity contribution in [3.63, 3.8) is 0 Å². The Morgan fingerprint density at radius 1 is 1.03 bits per heavy atom. The topological polar surface area (TPSA) is 131 Å². The van der Waals surface area contributed by atoms with E-state index in [1.54, 1.807) is 4.90 Å². The van der Waals surface area contributed by atoms with E-state index in [0.717, 1.165) is 10.6 Å². The molecule has 0 bridgehead atoms. The molecule has 1 aromatic carbocycles. The van der Waals surface area contributed by atoms with Crippen molar-refractivity contribution < 1.29 is 33.9 Å². The van der Waals surface area contributed by atoms with Crippen molar-refractivity contribution >= 4 is 35.7 Å². The number of carboxylic acid groups (broad SMARTS) is 1. The van der Waals surface area contributed by atoms with Crippen molar-refractivity contribution in [1.82, 2.24) is 19.8 Å². The second-order valence-corrected chi connectivity index (χ2v) is 8.39. The van der Waals surface area contributed by atoms with Gasteiger partial charge in [0, 0.05) is 44.3 Å². The smallest absolute Gasteiger partial charge is 0.434 e. The highest BCUT2D eigenvalue weighted by Crippen LogP contribution is 2.26. The number of imide groups is 1. The number of hydrogen-bond acceptors (Lipinski definition) is 6. The highest BCUT2D eigenvalue weighted by Gasteiger charge is 2.51. The number of rotatable bonds is 4. The number of likely N-dealkylation sites (tertiary alicyclic amines) is 1. The highest BCUT2D eigenvalue weighted by molar-refractivity contribution is 6.04. The van der Waals surface area contributed by atoms with Crippen molar-refractivity contribution in [1.29, 1.82) is 0 Å². The van der Waals surface area contributed by atoms with Crippen LogP contribution in [0.5, 0.6) is 0 Å². The maximum absolute atomic E-state index is 13.0. The predicted molar refractivity (Wildman–Crippen MR) is 118 cm³/mol. The zero-order valence-electron chi connectivity index (χ0n) is 18.8. The minimum Gasteiger partial charge on any atom is -0.465 e. The number of fused-ring (bicyclic) bond motifs is 1. The van der Waals surface area contributed by atoms with Gasteiger partial charge in [0.1, 0.15) is 6.04 Å². The van der Waals surface area contributed by atoms with Crippen molar-refractivity contribution in [2.24, 2.45) is 5.92 Å². The number of amides is 6. The average molecular weight is 473 g/mol. The Labute approximate surface area is 196 Å². The molecule has 1 aromatic rings. The number of piperazine rings is 1. The van der Waals surface area contributed by atoms with Crippen LogP contribution in [0.4, 0.5) is 20.1 Å². The lowest BCUT2D eigenvalue weighted by Crippen LogP contribution is -2.54. The Kier molecular flexibility index (Phi) is 6.57. The largest absolute Gasteiger partial charge is 0.465 e. The normalized spacial score (nSPS) is 20.9. The monoisotopic (exact) mass is 473 g/mol. The first-order valence-corrected chi connectivity index (χ1v) is 11.3. The summed E-state index contributed by atoms with van der Waals surface area (Å²) in [6.07, 6.45) is -1.16. The Morgan fingerprint density at radius 3 is 2.32 bits per heavy atom. The molecule has 182 valence electrons. The van der Waals surface area contributed by atoms with Gasteiger partial charge in [-0.15, -0.1) is 0 Å². The number of hydrogen-bond donors (Lipinski definition) is 1. The molecule has 0 aromatic heterocycles. The molecule has 3 fully saturated rings. The molecule has 0 spiro atoms. The third kappa shape index (κ3) is 4.35. The van der Waals surface area contributed by atoms with E-state index in [4.69, 9.17) is 9.94 Å². The molecule has 0 saturated carbocycles. The third-order valence-corrected chi connectivity index (χ3v) is 6.48. The number of carbonyl (C=O) groups excluding carboxylic acids is 4. The number of nitrogens with zero attached hydrogens (tertiary/aromatic N) is 5. The van der Waals surface area contributed by atoms with Gasteiger partial charge in [-0.2, -0.15) is 0 Å². The molecule has 12 nitrogen and oxygen atoms in total. The number of carbonyl (C=O) groups is 5. The number of para-hydroxylation sites is 1. The van der Waals surface area contributed by atoms with Crippen LogP contribution in [0.3, 0.4) is 0 Å². The van der Waals surface area contributed by atoms with Crippen LogP contribution in [-0.4, -0.2) is 100 Å². The van der Waals surface area contributed by atoms with E-state index in [-0.39, 0.29) is 44.5 Å². The number of hydroxylamine groups is 2. The standard InChI is InChI=1S/C22H27N5O7/c1-2-25(16-6-4-3-5-7-16)18(28)15-8-10-23(11-9-15)22(33)34-27-19(29)17-14-24(21(31)32)12-13-26(17)20(27)30/h3-7,15,17H,2,8-14H2,1H3,(H,31,32). The van der Waals surface area contributed by atoms with Gasteiger partial charge in [-0.05, 0) is 31.9 Å². The summed E-state index contributed by atoms with van der Waals surface area (Å²) in [4.78, 5) is 72.5. The summed E-state index contributed by atoms with van der Waals surface area (Å²) in [5.41, 5.74) is 0.820. The number of benzene rings is 1. The summed E-state index contributed by atoms with van der Waals surface area (Å²) >= 11 is 0. The van der Waals surface area contributed by atoms with Crippen molar-refractivity contribution in [3.05, 3.63) is 30.3 Å². The van der Waals surface area contributed by atoms with Crippen LogP contribution in [0.15, 0.2) is 30.3 Å². The van der Waals surface area contributed by atoms with Crippen LogP contribution in [-0.2, 0) is 14.4 Å². The van der Waals surface area contributed by atoms with E-state index in [1.807, 2.05) is 37.3 Å². The second-order valence-electron chi connectivity index (χ2n) is 8.39. The van der Waals surface area contributed by atoms with E-state index in [1.165, 1.54) is 9.80 Å². The number of urea groups is 1. The van der Waals surface area contributed by atoms with Gasteiger partial charge in [0.05, 0.1) is 6.54 Å². The molecule has 1 unspecified atom stereocenters. The van der Waals surface area contributed by atoms with Gasteiger partial charge in [-0.3, -0.25) is 9.59 Å². The van der Waals surface area contributed by atoms with E-state index in [0.29, 0.717) is 24.4 Å². The van der Waals surface area contributed by atoms with Gasteiger partial charge in [0.15, 0.2) is 0 Å². The molecule has 1 N–H and O–H groups in total. The maximum atomic E-state index is 13.0. The first-order valence-electron chi connectivity index (χ1n) is 11.3. The molecule has 3 saturated heterocycles. The molecule has 3 aliphatic rings. The molecule has 1 atom stereocenters.